The second kappa shape index (κ2) is 7.57. The van der Waals surface area contributed by atoms with E-state index >= 15 is 0 Å². The minimum atomic E-state index is 0.0897. The van der Waals surface area contributed by atoms with Gasteiger partial charge in [-0.15, -0.1) is 0 Å². The fourth-order valence-corrected chi connectivity index (χ4v) is 2.54. The Morgan fingerprint density at radius 3 is 2.67 bits per heavy atom. The molecule has 2 rings (SSSR count). The highest BCUT2D eigenvalue weighted by molar-refractivity contribution is 5.94. The second-order valence-electron chi connectivity index (χ2n) is 6.17. The number of morpholine rings is 1. The number of rotatable bonds is 5. The third-order valence-corrected chi connectivity index (χ3v) is 3.60. The van der Waals surface area contributed by atoms with Crippen molar-refractivity contribution in [3.05, 3.63) is 35.4 Å². The van der Waals surface area contributed by atoms with Crippen LogP contribution in [0, 0.1) is 12.8 Å². The van der Waals surface area contributed by atoms with Crippen molar-refractivity contribution in [3.63, 3.8) is 0 Å². The summed E-state index contributed by atoms with van der Waals surface area (Å²) in [6.45, 7) is 10.1. The molecule has 1 aromatic rings. The van der Waals surface area contributed by atoms with Gasteiger partial charge in [0, 0.05) is 31.7 Å². The van der Waals surface area contributed by atoms with Crippen LogP contribution in [-0.2, 0) is 4.74 Å². The van der Waals surface area contributed by atoms with Gasteiger partial charge in [0.25, 0.3) is 5.91 Å². The van der Waals surface area contributed by atoms with Crippen molar-refractivity contribution in [3.8, 4) is 0 Å². The van der Waals surface area contributed by atoms with Crippen molar-refractivity contribution < 1.29 is 9.53 Å². The number of nitrogens with one attached hydrogen (secondary N) is 1. The summed E-state index contributed by atoms with van der Waals surface area (Å²) in [7, 11) is 0. The minimum absolute atomic E-state index is 0.0897. The molecule has 1 aliphatic heterocycles. The first kappa shape index (κ1) is 16.0. The number of ether oxygens (including phenoxy) is 1. The van der Waals surface area contributed by atoms with Crippen molar-refractivity contribution in [2.45, 2.75) is 26.9 Å². The van der Waals surface area contributed by atoms with Gasteiger partial charge in [-0.3, -0.25) is 4.79 Å². The average Bonchev–Trinajstić information content (AvgIpc) is 2.47. The zero-order valence-corrected chi connectivity index (χ0v) is 13.3. The van der Waals surface area contributed by atoms with Gasteiger partial charge >= 0.3 is 0 Å². The summed E-state index contributed by atoms with van der Waals surface area (Å²) in [4.78, 5) is 14.6. The summed E-state index contributed by atoms with van der Waals surface area (Å²) in [5.74, 6) is 0.536. The number of nitrogens with zero attached hydrogens (tertiary/aromatic N) is 1. The number of hydrogen-bond acceptors (Lipinski definition) is 3. The molecular formula is C17H26N2O2. The van der Waals surface area contributed by atoms with Gasteiger partial charge in [-0.2, -0.15) is 0 Å². The summed E-state index contributed by atoms with van der Waals surface area (Å²) in [5.41, 5.74) is 1.92. The molecule has 0 radical (unpaired) electrons. The van der Waals surface area contributed by atoms with E-state index in [9.17, 15) is 4.79 Å². The van der Waals surface area contributed by atoms with Crippen LogP contribution in [0.4, 0.5) is 0 Å². The third-order valence-electron chi connectivity index (χ3n) is 3.60. The van der Waals surface area contributed by atoms with Gasteiger partial charge in [0.1, 0.15) is 0 Å². The molecule has 116 valence electrons. The van der Waals surface area contributed by atoms with E-state index in [2.05, 4.69) is 19.2 Å². The van der Waals surface area contributed by atoms with Crippen LogP contribution in [0.15, 0.2) is 24.3 Å². The molecule has 1 atom stereocenters. The lowest BCUT2D eigenvalue weighted by atomic mass is 10.1. The summed E-state index contributed by atoms with van der Waals surface area (Å²) in [5, 5.41) is 3.32. The van der Waals surface area contributed by atoms with Crippen LogP contribution in [0.25, 0.3) is 0 Å². The molecule has 0 bridgehead atoms. The molecule has 1 heterocycles. The van der Waals surface area contributed by atoms with E-state index in [1.165, 1.54) is 5.56 Å². The first-order valence-electron chi connectivity index (χ1n) is 7.74. The molecule has 0 aromatic heterocycles. The summed E-state index contributed by atoms with van der Waals surface area (Å²) in [6, 6.07) is 7.79. The Hall–Kier alpha value is -1.39. The fourth-order valence-electron chi connectivity index (χ4n) is 2.54. The summed E-state index contributed by atoms with van der Waals surface area (Å²) >= 11 is 0. The normalized spacial score (nSPS) is 18.8. The highest BCUT2D eigenvalue weighted by Gasteiger charge is 2.22. The van der Waals surface area contributed by atoms with Gasteiger partial charge in [0.05, 0.1) is 12.7 Å². The van der Waals surface area contributed by atoms with Crippen molar-refractivity contribution in [1.29, 1.82) is 0 Å². The SMILES string of the molecule is Cc1ccc(C(=O)N(CC(C)C)CC2CNCCO2)cc1. The van der Waals surface area contributed by atoms with Crippen LogP contribution < -0.4 is 5.32 Å². The van der Waals surface area contributed by atoms with Crippen molar-refractivity contribution >= 4 is 5.91 Å². The maximum absolute atomic E-state index is 12.7. The molecule has 1 aliphatic rings. The van der Waals surface area contributed by atoms with E-state index in [0.29, 0.717) is 12.5 Å². The van der Waals surface area contributed by atoms with Crippen LogP contribution in [0.1, 0.15) is 29.8 Å². The summed E-state index contributed by atoms with van der Waals surface area (Å²) in [6.07, 6.45) is 0.0897. The molecule has 1 amide bonds. The van der Waals surface area contributed by atoms with Crippen molar-refractivity contribution in [2.24, 2.45) is 5.92 Å². The largest absolute Gasteiger partial charge is 0.374 e. The first-order valence-corrected chi connectivity index (χ1v) is 7.74. The lowest BCUT2D eigenvalue weighted by molar-refractivity contribution is 0.00473. The van der Waals surface area contributed by atoms with E-state index in [0.717, 1.165) is 31.8 Å². The monoisotopic (exact) mass is 290 g/mol. The third kappa shape index (κ3) is 4.83. The maximum atomic E-state index is 12.7. The Bertz CT molecular complexity index is 450. The van der Waals surface area contributed by atoms with Gasteiger partial charge in [-0.05, 0) is 25.0 Å². The maximum Gasteiger partial charge on any atom is 0.253 e. The van der Waals surface area contributed by atoms with E-state index in [1.807, 2.05) is 36.1 Å². The lowest BCUT2D eigenvalue weighted by Crippen LogP contribution is -2.47. The zero-order chi connectivity index (χ0) is 15.2. The van der Waals surface area contributed by atoms with Crippen LogP contribution in [0.2, 0.25) is 0 Å². The quantitative estimate of drug-likeness (QED) is 0.903. The van der Waals surface area contributed by atoms with E-state index in [-0.39, 0.29) is 12.0 Å². The molecule has 4 heteroatoms. The summed E-state index contributed by atoms with van der Waals surface area (Å²) < 4.78 is 5.74. The molecule has 4 nitrogen and oxygen atoms in total. The topological polar surface area (TPSA) is 41.6 Å². The molecule has 21 heavy (non-hydrogen) atoms. The van der Waals surface area contributed by atoms with Gasteiger partial charge in [0.2, 0.25) is 0 Å². The molecule has 1 saturated heterocycles. The number of benzene rings is 1. The predicted molar refractivity (Wildman–Crippen MR) is 84.5 cm³/mol. The van der Waals surface area contributed by atoms with E-state index in [1.54, 1.807) is 0 Å². The van der Waals surface area contributed by atoms with Crippen molar-refractivity contribution in [2.75, 3.05) is 32.8 Å². The number of hydrogen-bond donors (Lipinski definition) is 1. The Morgan fingerprint density at radius 1 is 1.38 bits per heavy atom. The van der Waals surface area contributed by atoms with Gasteiger partial charge in [0.15, 0.2) is 0 Å². The van der Waals surface area contributed by atoms with Crippen LogP contribution in [0.3, 0.4) is 0 Å². The smallest absolute Gasteiger partial charge is 0.253 e. The Morgan fingerprint density at radius 2 is 2.10 bits per heavy atom. The Labute approximate surface area is 127 Å². The van der Waals surface area contributed by atoms with Crippen LogP contribution in [0.5, 0.6) is 0 Å². The molecule has 0 spiro atoms. The van der Waals surface area contributed by atoms with Gasteiger partial charge in [-0.25, -0.2) is 0 Å². The van der Waals surface area contributed by atoms with Gasteiger partial charge in [-0.1, -0.05) is 31.5 Å². The standard InChI is InChI=1S/C17H26N2O2/c1-13(2)11-19(12-16-10-18-8-9-21-16)17(20)15-6-4-14(3)5-7-15/h4-7,13,16,18H,8-12H2,1-3H3. The minimum Gasteiger partial charge on any atom is -0.374 e. The average molecular weight is 290 g/mol. The van der Waals surface area contributed by atoms with E-state index < -0.39 is 0 Å². The first-order chi connectivity index (χ1) is 10.1. The lowest BCUT2D eigenvalue weighted by Gasteiger charge is -2.31. The highest BCUT2D eigenvalue weighted by atomic mass is 16.5. The number of aryl methyl sites for hydroxylation is 1. The second-order valence-corrected chi connectivity index (χ2v) is 6.17. The molecule has 1 fully saturated rings. The predicted octanol–water partition coefficient (Wildman–Crippen LogP) is 2.08. The molecule has 0 saturated carbocycles. The van der Waals surface area contributed by atoms with Crippen LogP contribution >= 0.6 is 0 Å². The zero-order valence-electron chi connectivity index (χ0n) is 13.3. The van der Waals surface area contributed by atoms with Crippen LogP contribution in [-0.4, -0.2) is 49.7 Å². The molecule has 1 unspecified atom stereocenters. The number of amides is 1. The molecule has 1 aromatic carbocycles. The number of carbonyl (C=O) groups excluding carboxylic acids is 1. The Balaban J connectivity index is 2.06. The van der Waals surface area contributed by atoms with Crippen molar-refractivity contribution in [1.82, 2.24) is 10.2 Å². The molecule has 0 aliphatic carbocycles. The van der Waals surface area contributed by atoms with E-state index in [4.69, 9.17) is 4.74 Å². The van der Waals surface area contributed by atoms with Gasteiger partial charge < -0.3 is 15.0 Å². The fraction of sp³-hybridized carbons (Fsp3) is 0.588. The number of carbonyl (C=O) groups is 1. The molecular weight excluding hydrogens is 264 g/mol. The molecule has 1 N–H and O–H groups in total. The highest BCUT2D eigenvalue weighted by Crippen LogP contribution is 2.11. The Kier molecular flexibility index (Phi) is 5.76.